The molecule has 0 unspecified atom stereocenters. The summed E-state index contributed by atoms with van der Waals surface area (Å²) in [6.45, 7) is 0.176. The highest BCUT2D eigenvalue weighted by Crippen LogP contribution is 2.34. The van der Waals surface area contributed by atoms with E-state index >= 15 is 0 Å². The summed E-state index contributed by atoms with van der Waals surface area (Å²) < 4.78 is 27.8. The average molecular weight is 323 g/mol. The second kappa shape index (κ2) is 6.26. The number of nitrogens with one attached hydrogen (secondary N) is 1. The molecule has 21 heavy (non-hydrogen) atoms. The van der Waals surface area contributed by atoms with Crippen molar-refractivity contribution in [2.75, 3.05) is 6.54 Å². The van der Waals surface area contributed by atoms with E-state index in [9.17, 15) is 18.3 Å². The van der Waals surface area contributed by atoms with Crippen LogP contribution in [0.15, 0.2) is 29.2 Å². The minimum Gasteiger partial charge on any atom is -0.477 e. The number of thiophene rings is 1. The molecule has 2 N–H and O–H groups in total. The van der Waals surface area contributed by atoms with Crippen molar-refractivity contribution in [3.63, 3.8) is 0 Å². The quantitative estimate of drug-likeness (QED) is 0.631. The minimum absolute atomic E-state index is 0.170. The van der Waals surface area contributed by atoms with Gasteiger partial charge in [0.15, 0.2) is 0 Å². The Kier molecular flexibility index (Phi) is 4.63. The Hall–Kier alpha value is -1.88. The number of fused-ring (bicyclic) bond motifs is 1. The SMILES string of the molecule is C#CCCCNS(=O)(=O)c1c(C(=O)O)sc2ccccc12. The first-order chi connectivity index (χ1) is 9.97. The average Bonchev–Trinajstić information content (AvgIpc) is 2.84. The third kappa shape index (κ3) is 3.24. The van der Waals surface area contributed by atoms with Gasteiger partial charge in [0.25, 0.3) is 0 Å². The lowest BCUT2D eigenvalue weighted by atomic mass is 10.2. The van der Waals surface area contributed by atoms with E-state index in [1.54, 1.807) is 24.3 Å². The molecule has 1 aromatic heterocycles. The van der Waals surface area contributed by atoms with Gasteiger partial charge in [0.05, 0.1) is 0 Å². The monoisotopic (exact) mass is 323 g/mol. The molecule has 1 heterocycles. The number of terminal acetylenes is 1. The lowest BCUT2D eigenvalue weighted by Gasteiger charge is -2.06. The second-order valence-electron chi connectivity index (χ2n) is 4.27. The molecule has 0 bridgehead atoms. The highest BCUT2D eigenvalue weighted by Gasteiger charge is 2.27. The van der Waals surface area contributed by atoms with Crippen molar-refractivity contribution in [1.82, 2.24) is 4.72 Å². The molecule has 0 aliphatic carbocycles. The molecule has 0 spiro atoms. The van der Waals surface area contributed by atoms with Crippen LogP contribution in [-0.2, 0) is 10.0 Å². The number of carbonyl (C=O) groups is 1. The van der Waals surface area contributed by atoms with Gasteiger partial charge in [-0.2, -0.15) is 0 Å². The van der Waals surface area contributed by atoms with Gasteiger partial charge in [0.1, 0.15) is 9.77 Å². The molecule has 5 nitrogen and oxygen atoms in total. The van der Waals surface area contributed by atoms with E-state index in [2.05, 4.69) is 10.6 Å². The fraction of sp³-hybridized carbons (Fsp3) is 0.214. The summed E-state index contributed by atoms with van der Waals surface area (Å²) >= 11 is 0.952. The van der Waals surface area contributed by atoms with Gasteiger partial charge in [-0.25, -0.2) is 17.9 Å². The normalized spacial score (nSPS) is 11.4. The highest BCUT2D eigenvalue weighted by molar-refractivity contribution is 7.90. The number of carboxylic acid groups (broad SMARTS) is 1. The lowest BCUT2D eigenvalue weighted by molar-refractivity contribution is 0.0698. The van der Waals surface area contributed by atoms with Crippen molar-refractivity contribution >= 4 is 37.4 Å². The van der Waals surface area contributed by atoms with Gasteiger partial charge in [0.2, 0.25) is 10.0 Å². The Morgan fingerprint density at radius 3 is 2.76 bits per heavy atom. The number of aromatic carboxylic acids is 1. The number of carboxylic acids is 1. The zero-order valence-electron chi connectivity index (χ0n) is 11.0. The van der Waals surface area contributed by atoms with E-state index in [1.165, 1.54) is 0 Å². The number of hydrogen-bond acceptors (Lipinski definition) is 4. The van der Waals surface area contributed by atoms with Crippen LogP contribution in [0.2, 0.25) is 0 Å². The van der Waals surface area contributed by atoms with Crippen molar-refractivity contribution in [2.45, 2.75) is 17.7 Å². The summed E-state index contributed by atoms with van der Waals surface area (Å²) in [7, 11) is -3.89. The van der Waals surface area contributed by atoms with Gasteiger partial charge in [-0.1, -0.05) is 18.2 Å². The number of benzene rings is 1. The molecule has 110 valence electrons. The summed E-state index contributed by atoms with van der Waals surface area (Å²) in [6.07, 6.45) is 6.07. The fourth-order valence-corrected chi connectivity index (χ4v) is 4.71. The molecule has 0 amide bonds. The third-order valence-corrected chi connectivity index (χ3v) is 5.64. The molecule has 7 heteroatoms. The fourth-order valence-electron chi connectivity index (χ4n) is 1.90. The molecular weight excluding hydrogens is 310 g/mol. The van der Waals surface area contributed by atoms with Crippen molar-refractivity contribution in [3.05, 3.63) is 29.1 Å². The first-order valence-corrected chi connectivity index (χ1v) is 8.45. The maximum Gasteiger partial charge on any atom is 0.347 e. The van der Waals surface area contributed by atoms with Crippen LogP contribution in [-0.4, -0.2) is 26.0 Å². The zero-order chi connectivity index (χ0) is 15.5. The van der Waals surface area contributed by atoms with Crippen molar-refractivity contribution < 1.29 is 18.3 Å². The van der Waals surface area contributed by atoms with E-state index in [1.807, 2.05) is 0 Å². The van der Waals surface area contributed by atoms with Gasteiger partial charge in [0, 0.05) is 23.1 Å². The van der Waals surface area contributed by atoms with Crippen LogP contribution < -0.4 is 4.72 Å². The smallest absolute Gasteiger partial charge is 0.347 e. The van der Waals surface area contributed by atoms with Crippen LogP contribution in [0.3, 0.4) is 0 Å². The Balaban J connectivity index is 2.46. The summed E-state index contributed by atoms with van der Waals surface area (Å²) in [5.41, 5.74) is 0. The van der Waals surface area contributed by atoms with Gasteiger partial charge in [-0.15, -0.1) is 23.7 Å². The molecule has 0 radical (unpaired) electrons. The molecular formula is C14H13NO4S2. The van der Waals surface area contributed by atoms with E-state index in [0.717, 1.165) is 11.3 Å². The van der Waals surface area contributed by atoms with E-state index < -0.39 is 16.0 Å². The lowest BCUT2D eigenvalue weighted by Crippen LogP contribution is -2.25. The topological polar surface area (TPSA) is 83.5 Å². The van der Waals surface area contributed by atoms with E-state index in [0.29, 0.717) is 22.9 Å². The molecule has 0 atom stereocenters. The van der Waals surface area contributed by atoms with Gasteiger partial charge >= 0.3 is 5.97 Å². The summed E-state index contributed by atoms with van der Waals surface area (Å²) in [4.78, 5) is 11.0. The summed E-state index contributed by atoms with van der Waals surface area (Å²) in [6, 6.07) is 6.72. The van der Waals surface area contributed by atoms with Gasteiger partial charge in [-0.3, -0.25) is 0 Å². The molecule has 0 saturated carbocycles. The molecule has 0 saturated heterocycles. The van der Waals surface area contributed by atoms with Crippen LogP contribution in [0.4, 0.5) is 0 Å². The predicted molar refractivity (Wildman–Crippen MR) is 82.0 cm³/mol. The molecule has 0 aliphatic heterocycles. The highest BCUT2D eigenvalue weighted by atomic mass is 32.2. The van der Waals surface area contributed by atoms with Crippen LogP contribution in [0.5, 0.6) is 0 Å². The van der Waals surface area contributed by atoms with E-state index in [4.69, 9.17) is 6.42 Å². The summed E-state index contributed by atoms with van der Waals surface area (Å²) in [5.74, 6) is 1.17. The number of unbranched alkanes of at least 4 members (excludes halogenated alkanes) is 1. The number of rotatable bonds is 6. The maximum atomic E-state index is 12.4. The Bertz CT molecular complexity index is 815. The predicted octanol–water partition coefficient (Wildman–Crippen LogP) is 2.29. The first kappa shape index (κ1) is 15.5. The van der Waals surface area contributed by atoms with Crippen LogP contribution in [0.25, 0.3) is 10.1 Å². The molecule has 0 aliphatic rings. The summed E-state index contributed by atoms with van der Waals surface area (Å²) in [5, 5.41) is 9.65. The van der Waals surface area contributed by atoms with Gasteiger partial charge in [-0.05, 0) is 12.5 Å². The minimum atomic E-state index is -3.89. The Labute approximate surface area is 126 Å². The largest absolute Gasteiger partial charge is 0.477 e. The second-order valence-corrected chi connectivity index (χ2v) is 7.02. The zero-order valence-corrected chi connectivity index (χ0v) is 12.6. The van der Waals surface area contributed by atoms with Crippen LogP contribution >= 0.6 is 11.3 Å². The van der Waals surface area contributed by atoms with Crippen LogP contribution in [0, 0.1) is 12.3 Å². The van der Waals surface area contributed by atoms with E-state index in [-0.39, 0.29) is 16.3 Å². The maximum absolute atomic E-state index is 12.4. The number of hydrogen-bond donors (Lipinski definition) is 2. The van der Waals surface area contributed by atoms with Crippen molar-refractivity contribution in [2.24, 2.45) is 0 Å². The van der Waals surface area contributed by atoms with Crippen molar-refractivity contribution in [1.29, 1.82) is 0 Å². The molecule has 2 aromatic rings. The Morgan fingerprint density at radius 2 is 2.10 bits per heavy atom. The molecule has 2 rings (SSSR count). The first-order valence-electron chi connectivity index (χ1n) is 6.15. The Morgan fingerprint density at radius 1 is 1.38 bits per heavy atom. The standard InChI is InChI=1S/C14H13NO4S2/c1-2-3-6-9-15-21(18,19)13-10-7-4-5-8-11(10)20-12(13)14(16)17/h1,4-5,7-8,15H,3,6,9H2,(H,16,17). The third-order valence-electron chi connectivity index (χ3n) is 2.80. The van der Waals surface area contributed by atoms with Crippen LogP contribution in [0.1, 0.15) is 22.5 Å². The van der Waals surface area contributed by atoms with Crippen molar-refractivity contribution in [3.8, 4) is 12.3 Å². The molecule has 1 aromatic carbocycles. The molecule has 0 fully saturated rings. The number of sulfonamides is 1. The van der Waals surface area contributed by atoms with Gasteiger partial charge < -0.3 is 5.11 Å².